The van der Waals surface area contributed by atoms with E-state index in [2.05, 4.69) is 37.3 Å². The average Bonchev–Trinajstić information content (AvgIpc) is 2.44. The molecule has 4 heteroatoms. The van der Waals surface area contributed by atoms with Crippen molar-refractivity contribution in [3.8, 4) is 0 Å². The van der Waals surface area contributed by atoms with Crippen LogP contribution in [0.25, 0.3) is 0 Å². The van der Waals surface area contributed by atoms with Gasteiger partial charge in [0.15, 0.2) is 0 Å². The molecule has 110 valence electrons. The van der Waals surface area contributed by atoms with Crippen molar-refractivity contribution in [3.63, 3.8) is 0 Å². The first-order valence-electron chi connectivity index (χ1n) is 7.19. The highest BCUT2D eigenvalue weighted by atomic mass is 32.1. The summed E-state index contributed by atoms with van der Waals surface area (Å²) in [5.41, 5.74) is 1.33. The van der Waals surface area contributed by atoms with Gasteiger partial charge < -0.3 is 14.2 Å². The second-order valence-corrected chi connectivity index (χ2v) is 5.37. The molecule has 0 spiro atoms. The van der Waals surface area contributed by atoms with E-state index in [0.717, 1.165) is 25.0 Å². The maximum absolute atomic E-state index is 5.89. The van der Waals surface area contributed by atoms with Crippen molar-refractivity contribution < 1.29 is 8.92 Å². The van der Waals surface area contributed by atoms with Crippen LogP contribution in [0.4, 0.5) is 0 Å². The summed E-state index contributed by atoms with van der Waals surface area (Å²) in [6, 6.07) is 0.375. The van der Waals surface area contributed by atoms with Crippen molar-refractivity contribution in [2.24, 2.45) is 0 Å². The minimum Gasteiger partial charge on any atom is -0.496 e. The summed E-state index contributed by atoms with van der Waals surface area (Å²) in [5.74, 6) is 1.08. The number of rotatable bonds is 6. The highest BCUT2D eigenvalue weighted by Gasteiger charge is 2.05. The largest absolute Gasteiger partial charge is 0.496 e. The molecular weight excluding hydrogens is 258 g/mol. The first-order valence-corrected chi connectivity index (χ1v) is 7.56. The van der Waals surface area contributed by atoms with Crippen LogP contribution in [0.1, 0.15) is 45.4 Å². The third kappa shape index (κ3) is 7.65. The van der Waals surface area contributed by atoms with E-state index in [0.29, 0.717) is 19.3 Å². The first-order chi connectivity index (χ1) is 9.26. The fourth-order valence-electron chi connectivity index (χ4n) is 2.01. The van der Waals surface area contributed by atoms with Gasteiger partial charge in [-0.05, 0) is 64.2 Å². The Bertz CT molecular complexity index is 303. The number of allylic oxidation sites excluding steroid dienone is 2. The third-order valence-electron chi connectivity index (χ3n) is 3.43. The molecule has 1 atom stereocenters. The van der Waals surface area contributed by atoms with E-state index < -0.39 is 0 Å². The Hall–Kier alpha value is -0.450. The Morgan fingerprint density at radius 3 is 2.89 bits per heavy atom. The van der Waals surface area contributed by atoms with Crippen LogP contribution in [-0.4, -0.2) is 26.3 Å². The minimum atomic E-state index is 0.375. The molecule has 0 aromatic rings. The van der Waals surface area contributed by atoms with Gasteiger partial charge in [-0.3, -0.25) is 0 Å². The lowest BCUT2D eigenvalue weighted by atomic mass is 10.0. The molecule has 0 aromatic carbocycles. The van der Waals surface area contributed by atoms with E-state index in [1.54, 1.807) is 0 Å². The molecule has 0 fully saturated rings. The van der Waals surface area contributed by atoms with Gasteiger partial charge in [0.25, 0.3) is 0 Å². The summed E-state index contributed by atoms with van der Waals surface area (Å²) >= 11 is 3.85. The van der Waals surface area contributed by atoms with Crippen LogP contribution >= 0.6 is 12.9 Å². The fourth-order valence-corrected chi connectivity index (χ4v) is 2.18. The Kier molecular flexibility index (Phi) is 9.05. The molecule has 1 N–H and O–H groups in total. The van der Waals surface area contributed by atoms with Crippen LogP contribution in [-0.2, 0) is 8.92 Å². The highest BCUT2D eigenvalue weighted by Crippen LogP contribution is 2.18. The molecule has 0 aliphatic heterocycles. The number of ether oxygens (including phenoxy) is 1. The number of likely N-dealkylation sites (N-methyl/N-ethyl adjacent to an activating group) is 1. The topological polar surface area (TPSA) is 30.5 Å². The molecule has 3 nitrogen and oxygen atoms in total. The van der Waals surface area contributed by atoms with Gasteiger partial charge in [-0.2, -0.15) is 0 Å². The van der Waals surface area contributed by atoms with Crippen LogP contribution in [0.2, 0.25) is 0 Å². The van der Waals surface area contributed by atoms with Crippen LogP contribution in [0.5, 0.6) is 0 Å². The van der Waals surface area contributed by atoms with Gasteiger partial charge in [-0.15, -0.1) is 0 Å². The molecule has 0 saturated heterocycles. The van der Waals surface area contributed by atoms with E-state index in [1.165, 1.54) is 24.8 Å². The van der Waals surface area contributed by atoms with Crippen LogP contribution in [0.3, 0.4) is 0 Å². The summed E-state index contributed by atoms with van der Waals surface area (Å²) in [6.07, 6.45) is 11.3. The highest BCUT2D eigenvalue weighted by molar-refractivity contribution is 7.75. The number of nitrogens with one attached hydrogen (secondary N) is 1. The summed E-state index contributed by atoms with van der Waals surface area (Å²) in [7, 11) is 1.96. The maximum atomic E-state index is 5.89. The SMILES string of the molecule is CNC(C)CO/C1=C/CCCCC/C(COS)=C\C1. The number of hydrogen-bond acceptors (Lipinski definition) is 4. The number of hydrogen-bond donors (Lipinski definition) is 2. The van der Waals surface area contributed by atoms with Gasteiger partial charge in [0, 0.05) is 12.5 Å². The molecule has 0 amide bonds. The van der Waals surface area contributed by atoms with Gasteiger partial charge in [0.2, 0.25) is 0 Å². The normalized spacial score (nSPS) is 24.8. The van der Waals surface area contributed by atoms with Gasteiger partial charge >= 0.3 is 0 Å². The molecule has 1 aliphatic carbocycles. The predicted molar refractivity (Wildman–Crippen MR) is 83.3 cm³/mol. The summed E-state index contributed by atoms with van der Waals surface area (Å²) in [5, 5.41) is 3.19. The van der Waals surface area contributed by atoms with Gasteiger partial charge in [-0.1, -0.05) is 12.5 Å². The standard InChI is InChI=1S/C15H27NO2S/c1-13(16-2)11-17-15-8-6-4-3-5-7-14(9-10-15)12-18-19/h8-9,13,16,19H,3-7,10-12H2,1-2H3/b14-9+,15-8+. The fraction of sp³-hybridized carbons (Fsp3) is 0.733. The molecule has 1 rings (SSSR count). The van der Waals surface area contributed by atoms with E-state index in [1.807, 2.05) is 7.05 Å². The van der Waals surface area contributed by atoms with E-state index in [4.69, 9.17) is 8.92 Å². The van der Waals surface area contributed by atoms with Crippen molar-refractivity contribution in [1.29, 1.82) is 0 Å². The average molecular weight is 285 g/mol. The zero-order valence-corrected chi connectivity index (χ0v) is 13.0. The van der Waals surface area contributed by atoms with Crippen molar-refractivity contribution in [3.05, 3.63) is 23.5 Å². The lowest BCUT2D eigenvalue weighted by Gasteiger charge is -2.15. The molecular formula is C15H27NO2S. The molecule has 0 bridgehead atoms. The second-order valence-electron chi connectivity index (χ2n) is 5.11. The quantitative estimate of drug-likeness (QED) is 0.444. The van der Waals surface area contributed by atoms with Crippen molar-refractivity contribution in [1.82, 2.24) is 5.32 Å². The first kappa shape index (κ1) is 16.6. The van der Waals surface area contributed by atoms with E-state index in [-0.39, 0.29) is 0 Å². The van der Waals surface area contributed by atoms with Gasteiger partial charge in [0.05, 0.1) is 12.4 Å². The minimum absolute atomic E-state index is 0.375. The van der Waals surface area contributed by atoms with Crippen molar-refractivity contribution >= 4 is 12.9 Å². The zero-order valence-electron chi connectivity index (χ0n) is 12.2. The number of thiol groups is 1. The molecule has 19 heavy (non-hydrogen) atoms. The maximum Gasteiger partial charge on any atom is 0.103 e. The van der Waals surface area contributed by atoms with Crippen molar-refractivity contribution in [2.75, 3.05) is 20.3 Å². The summed E-state index contributed by atoms with van der Waals surface area (Å²) in [4.78, 5) is 0. The van der Waals surface area contributed by atoms with E-state index in [9.17, 15) is 0 Å². The Morgan fingerprint density at radius 1 is 1.32 bits per heavy atom. The Labute approximate surface area is 123 Å². The Balaban J connectivity index is 2.55. The van der Waals surface area contributed by atoms with Gasteiger partial charge in [0.1, 0.15) is 6.61 Å². The summed E-state index contributed by atoms with van der Waals surface area (Å²) < 4.78 is 10.8. The lowest BCUT2D eigenvalue weighted by Crippen LogP contribution is -2.26. The smallest absolute Gasteiger partial charge is 0.103 e. The molecule has 1 unspecified atom stereocenters. The lowest BCUT2D eigenvalue weighted by molar-refractivity contribution is 0.182. The van der Waals surface area contributed by atoms with Crippen molar-refractivity contribution in [2.45, 2.75) is 51.5 Å². The van der Waals surface area contributed by atoms with Crippen LogP contribution in [0.15, 0.2) is 23.5 Å². The molecule has 0 aromatic heterocycles. The Morgan fingerprint density at radius 2 is 2.16 bits per heavy atom. The second kappa shape index (κ2) is 10.4. The molecule has 1 aliphatic rings. The zero-order chi connectivity index (χ0) is 13.9. The monoisotopic (exact) mass is 285 g/mol. The molecule has 0 heterocycles. The molecule has 0 radical (unpaired) electrons. The van der Waals surface area contributed by atoms with Gasteiger partial charge in [-0.25, -0.2) is 0 Å². The summed E-state index contributed by atoms with van der Waals surface area (Å²) in [6.45, 7) is 3.45. The van der Waals surface area contributed by atoms with Crippen LogP contribution in [0, 0.1) is 0 Å². The predicted octanol–water partition coefficient (Wildman–Crippen LogP) is 3.64. The molecule has 0 saturated carbocycles. The van der Waals surface area contributed by atoms with E-state index >= 15 is 0 Å². The van der Waals surface area contributed by atoms with Crippen LogP contribution < -0.4 is 5.32 Å². The third-order valence-corrected chi connectivity index (χ3v) is 3.56.